The van der Waals surface area contributed by atoms with Gasteiger partial charge in [-0.05, 0) is 24.3 Å². The predicted molar refractivity (Wildman–Crippen MR) is 79.2 cm³/mol. The van der Waals surface area contributed by atoms with E-state index in [1.807, 2.05) is 0 Å². The van der Waals surface area contributed by atoms with Gasteiger partial charge >= 0.3 is 0 Å². The van der Waals surface area contributed by atoms with Crippen molar-refractivity contribution < 1.29 is 0 Å². The summed E-state index contributed by atoms with van der Waals surface area (Å²) in [5, 5.41) is 5.44. The highest BCUT2D eigenvalue weighted by atomic mass is 32.1. The molecule has 1 heterocycles. The maximum absolute atomic E-state index is 5.96. The molecule has 0 saturated heterocycles. The molecule has 100 valence electrons. The zero-order valence-electron chi connectivity index (χ0n) is 11.3. The van der Waals surface area contributed by atoms with Crippen molar-refractivity contribution in [1.82, 2.24) is 5.32 Å². The Morgan fingerprint density at radius 2 is 2.22 bits per heavy atom. The molecule has 0 unspecified atom stereocenters. The van der Waals surface area contributed by atoms with E-state index >= 15 is 0 Å². The smallest absolute Gasteiger partial charge is 0.188 e. The Balaban J connectivity index is 1.88. The van der Waals surface area contributed by atoms with Crippen molar-refractivity contribution in [3.8, 4) is 0 Å². The highest BCUT2D eigenvalue weighted by molar-refractivity contribution is 7.10. The molecular formula is C14H23N3S. The topological polar surface area (TPSA) is 50.4 Å². The van der Waals surface area contributed by atoms with Crippen molar-refractivity contribution >= 4 is 17.3 Å². The number of nitrogens with zero attached hydrogens (tertiary/aromatic N) is 1. The number of hydrogen-bond acceptors (Lipinski definition) is 2. The number of nitrogens with two attached hydrogens (primary N) is 1. The Morgan fingerprint density at radius 1 is 1.50 bits per heavy atom. The van der Waals surface area contributed by atoms with E-state index in [9.17, 15) is 0 Å². The molecule has 0 spiro atoms. The molecule has 0 bridgehead atoms. The molecule has 0 aliphatic heterocycles. The molecule has 0 radical (unpaired) electrons. The van der Waals surface area contributed by atoms with Crippen LogP contribution in [0.2, 0.25) is 0 Å². The van der Waals surface area contributed by atoms with Crippen molar-refractivity contribution in [1.29, 1.82) is 0 Å². The number of thiophene rings is 1. The molecule has 1 fully saturated rings. The van der Waals surface area contributed by atoms with Crippen molar-refractivity contribution in [3.63, 3.8) is 0 Å². The lowest BCUT2D eigenvalue weighted by Gasteiger charge is -2.21. The summed E-state index contributed by atoms with van der Waals surface area (Å²) in [6.45, 7) is 5.16. The summed E-state index contributed by atoms with van der Waals surface area (Å²) < 4.78 is 0. The van der Waals surface area contributed by atoms with Gasteiger partial charge < -0.3 is 11.1 Å². The molecule has 4 heteroatoms. The minimum absolute atomic E-state index is 0.0656. The number of rotatable bonds is 4. The third-order valence-corrected chi connectivity index (χ3v) is 4.78. The third-order valence-electron chi connectivity index (χ3n) is 3.54. The Hall–Kier alpha value is -1.03. The summed E-state index contributed by atoms with van der Waals surface area (Å²) in [6, 6.07) is 4.80. The molecule has 1 saturated carbocycles. The number of aliphatic imine (C=N–C) groups is 1. The van der Waals surface area contributed by atoms with Crippen molar-refractivity contribution in [2.45, 2.75) is 51.0 Å². The van der Waals surface area contributed by atoms with Gasteiger partial charge in [0.15, 0.2) is 5.96 Å². The molecule has 2 rings (SSSR count). The lowest BCUT2D eigenvalue weighted by Crippen LogP contribution is -2.39. The number of nitrogens with one attached hydrogen (secondary N) is 1. The first-order valence-electron chi connectivity index (χ1n) is 6.68. The van der Waals surface area contributed by atoms with Gasteiger partial charge in [0.05, 0.1) is 6.54 Å². The van der Waals surface area contributed by atoms with Gasteiger partial charge in [0.1, 0.15) is 0 Å². The SMILES string of the molecule is CC(C)(CN=C(N)NC1CCCC1)c1cccs1. The predicted octanol–water partition coefficient (Wildman–Crippen LogP) is 2.87. The minimum Gasteiger partial charge on any atom is -0.370 e. The van der Waals surface area contributed by atoms with E-state index in [-0.39, 0.29) is 5.41 Å². The van der Waals surface area contributed by atoms with Crippen LogP contribution < -0.4 is 11.1 Å². The fourth-order valence-corrected chi connectivity index (χ4v) is 3.19. The Bertz CT molecular complexity index is 389. The normalized spacial score (nSPS) is 18.2. The van der Waals surface area contributed by atoms with Gasteiger partial charge in [0.25, 0.3) is 0 Å². The molecule has 1 aromatic rings. The van der Waals surface area contributed by atoms with Gasteiger partial charge in [0, 0.05) is 16.3 Å². The third kappa shape index (κ3) is 3.48. The molecule has 18 heavy (non-hydrogen) atoms. The van der Waals surface area contributed by atoms with E-state index in [1.54, 1.807) is 11.3 Å². The van der Waals surface area contributed by atoms with E-state index in [1.165, 1.54) is 30.6 Å². The van der Waals surface area contributed by atoms with E-state index in [0.717, 1.165) is 6.54 Å². The second-order valence-corrected chi connectivity index (χ2v) is 6.64. The van der Waals surface area contributed by atoms with Crippen LogP contribution in [0.1, 0.15) is 44.4 Å². The number of hydrogen-bond donors (Lipinski definition) is 2. The van der Waals surface area contributed by atoms with Crippen LogP contribution >= 0.6 is 11.3 Å². The summed E-state index contributed by atoms with van der Waals surface area (Å²) in [6.07, 6.45) is 5.08. The van der Waals surface area contributed by atoms with E-state index in [4.69, 9.17) is 5.73 Å². The van der Waals surface area contributed by atoms with Gasteiger partial charge in [-0.3, -0.25) is 4.99 Å². The van der Waals surface area contributed by atoms with Crippen LogP contribution in [-0.2, 0) is 5.41 Å². The zero-order chi connectivity index (χ0) is 13.0. The Labute approximate surface area is 114 Å². The molecular weight excluding hydrogens is 242 g/mol. The first kappa shape index (κ1) is 13.4. The fourth-order valence-electron chi connectivity index (χ4n) is 2.35. The Kier molecular flexibility index (Phi) is 4.27. The molecule has 3 nitrogen and oxygen atoms in total. The first-order chi connectivity index (χ1) is 8.58. The van der Waals surface area contributed by atoms with Crippen LogP contribution in [0.3, 0.4) is 0 Å². The standard InChI is InChI=1S/C14H23N3S/c1-14(2,12-8-5-9-18-12)10-16-13(15)17-11-6-3-4-7-11/h5,8-9,11H,3-4,6-7,10H2,1-2H3,(H3,15,16,17). The molecule has 0 atom stereocenters. The molecule has 3 N–H and O–H groups in total. The van der Waals surface area contributed by atoms with Crippen LogP contribution in [0.15, 0.2) is 22.5 Å². The summed E-state index contributed by atoms with van der Waals surface area (Å²) in [4.78, 5) is 5.87. The number of guanidine groups is 1. The second-order valence-electron chi connectivity index (χ2n) is 5.69. The Morgan fingerprint density at radius 3 is 2.83 bits per heavy atom. The molecule has 0 amide bonds. The summed E-state index contributed by atoms with van der Waals surface area (Å²) in [7, 11) is 0. The minimum atomic E-state index is 0.0656. The fraction of sp³-hybridized carbons (Fsp3) is 0.643. The first-order valence-corrected chi connectivity index (χ1v) is 7.56. The van der Waals surface area contributed by atoms with Crippen molar-refractivity contribution in [2.24, 2.45) is 10.7 Å². The molecule has 0 aromatic carbocycles. The highest BCUT2D eigenvalue weighted by Crippen LogP contribution is 2.27. The summed E-state index contributed by atoms with van der Waals surface area (Å²) >= 11 is 1.78. The lowest BCUT2D eigenvalue weighted by atomic mass is 9.92. The van der Waals surface area contributed by atoms with Gasteiger partial charge in [-0.2, -0.15) is 0 Å². The van der Waals surface area contributed by atoms with Crippen LogP contribution in [0, 0.1) is 0 Å². The highest BCUT2D eigenvalue weighted by Gasteiger charge is 2.21. The van der Waals surface area contributed by atoms with E-state index in [0.29, 0.717) is 12.0 Å². The van der Waals surface area contributed by atoms with Gasteiger partial charge in [-0.25, -0.2) is 0 Å². The van der Waals surface area contributed by atoms with Crippen LogP contribution in [-0.4, -0.2) is 18.5 Å². The quantitative estimate of drug-likeness (QED) is 0.649. The maximum atomic E-state index is 5.96. The summed E-state index contributed by atoms with van der Waals surface area (Å²) in [5.41, 5.74) is 6.02. The lowest BCUT2D eigenvalue weighted by molar-refractivity contribution is 0.546. The maximum Gasteiger partial charge on any atom is 0.188 e. The second kappa shape index (κ2) is 5.74. The zero-order valence-corrected chi connectivity index (χ0v) is 12.1. The molecule has 1 aliphatic carbocycles. The largest absolute Gasteiger partial charge is 0.370 e. The van der Waals surface area contributed by atoms with Gasteiger partial charge in [-0.15, -0.1) is 11.3 Å². The average molecular weight is 265 g/mol. The monoisotopic (exact) mass is 265 g/mol. The molecule has 1 aliphatic rings. The van der Waals surface area contributed by atoms with E-state index in [2.05, 4.69) is 41.7 Å². The van der Waals surface area contributed by atoms with Crippen LogP contribution in [0.5, 0.6) is 0 Å². The average Bonchev–Trinajstić information content (AvgIpc) is 2.99. The summed E-state index contributed by atoms with van der Waals surface area (Å²) in [5.74, 6) is 0.603. The van der Waals surface area contributed by atoms with Crippen molar-refractivity contribution in [3.05, 3.63) is 22.4 Å². The van der Waals surface area contributed by atoms with Crippen molar-refractivity contribution in [2.75, 3.05) is 6.54 Å². The van der Waals surface area contributed by atoms with Crippen LogP contribution in [0.4, 0.5) is 0 Å². The van der Waals surface area contributed by atoms with Gasteiger partial charge in [-0.1, -0.05) is 32.8 Å². The van der Waals surface area contributed by atoms with E-state index < -0.39 is 0 Å². The van der Waals surface area contributed by atoms with Gasteiger partial charge in [0.2, 0.25) is 0 Å². The van der Waals surface area contributed by atoms with Crippen LogP contribution in [0.25, 0.3) is 0 Å². The molecule has 1 aromatic heterocycles.